The van der Waals surface area contributed by atoms with E-state index in [9.17, 15) is 0 Å². The van der Waals surface area contributed by atoms with Gasteiger partial charge >= 0.3 is 0 Å². The topological polar surface area (TPSA) is 38.9 Å². The Kier molecular flexibility index (Phi) is 3.85. The average Bonchev–Trinajstić information content (AvgIpc) is 2.45. The van der Waals surface area contributed by atoms with Gasteiger partial charge in [0.25, 0.3) is 0 Å². The minimum Gasteiger partial charge on any atom is -0.320 e. The predicted molar refractivity (Wildman–Crippen MR) is 89.0 cm³/mol. The van der Waals surface area contributed by atoms with Crippen molar-refractivity contribution in [1.29, 1.82) is 0 Å². The first kappa shape index (κ1) is 14.3. The Morgan fingerprint density at radius 3 is 2.33 bits per heavy atom. The van der Waals surface area contributed by atoms with Gasteiger partial charge in [0, 0.05) is 21.1 Å². The fourth-order valence-electron chi connectivity index (χ4n) is 2.39. The molecule has 0 aliphatic rings. The Bertz CT molecular complexity index is 795. The maximum atomic E-state index is 6.34. The summed E-state index contributed by atoms with van der Waals surface area (Å²) in [5.41, 5.74) is 10.2. The van der Waals surface area contributed by atoms with E-state index in [1.165, 1.54) is 0 Å². The third kappa shape index (κ3) is 3.03. The van der Waals surface area contributed by atoms with E-state index in [4.69, 9.17) is 28.9 Å². The molecule has 106 valence electrons. The number of benzene rings is 2. The van der Waals surface area contributed by atoms with Crippen molar-refractivity contribution in [1.82, 2.24) is 4.98 Å². The normalized spacial score (nSPS) is 12.6. The van der Waals surface area contributed by atoms with Crippen molar-refractivity contribution in [2.24, 2.45) is 5.73 Å². The summed E-state index contributed by atoms with van der Waals surface area (Å²) in [5, 5.41) is 2.25. The van der Waals surface area contributed by atoms with Crippen LogP contribution in [-0.2, 0) is 0 Å². The molecule has 3 rings (SSSR count). The van der Waals surface area contributed by atoms with Crippen LogP contribution in [0.25, 0.3) is 10.9 Å². The fourth-order valence-corrected chi connectivity index (χ4v) is 2.93. The average molecular weight is 317 g/mol. The van der Waals surface area contributed by atoms with E-state index >= 15 is 0 Å². The molecule has 4 heteroatoms. The molecule has 1 unspecified atom stereocenters. The lowest BCUT2D eigenvalue weighted by molar-refractivity contribution is 0.873. The minimum absolute atomic E-state index is 0.271. The molecule has 0 spiro atoms. The Hall–Kier alpha value is -1.61. The van der Waals surface area contributed by atoms with Crippen LogP contribution >= 0.6 is 23.2 Å². The van der Waals surface area contributed by atoms with E-state index in [-0.39, 0.29) is 6.04 Å². The lowest BCUT2D eigenvalue weighted by Crippen LogP contribution is -2.11. The molecule has 3 aromatic rings. The number of nitrogens with zero attached hydrogens (tertiary/aromatic N) is 1. The van der Waals surface area contributed by atoms with Gasteiger partial charge < -0.3 is 5.73 Å². The Balaban J connectivity index is 2.04. The molecule has 0 saturated carbocycles. The molecule has 0 amide bonds. The van der Waals surface area contributed by atoms with Gasteiger partial charge in [-0.15, -0.1) is 0 Å². The number of pyridine rings is 1. The molecule has 2 N–H and O–H groups in total. The van der Waals surface area contributed by atoms with Crippen molar-refractivity contribution in [3.05, 3.63) is 75.4 Å². The third-order valence-corrected chi connectivity index (χ3v) is 3.89. The van der Waals surface area contributed by atoms with Crippen molar-refractivity contribution in [3.8, 4) is 0 Å². The SMILES string of the molecule is Cc1ccc2cc(C(N)c3cc(Cl)cc(Cl)c3)ccc2n1. The quantitative estimate of drug-likeness (QED) is 0.730. The Morgan fingerprint density at radius 2 is 1.62 bits per heavy atom. The van der Waals surface area contributed by atoms with Crippen LogP contribution in [0.2, 0.25) is 10.0 Å². The summed E-state index contributed by atoms with van der Waals surface area (Å²) in [6, 6.07) is 15.2. The lowest BCUT2D eigenvalue weighted by Gasteiger charge is -2.14. The largest absolute Gasteiger partial charge is 0.320 e. The predicted octanol–water partition coefficient (Wildman–Crippen LogP) is 4.90. The van der Waals surface area contributed by atoms with Gasteiger partial charge in [0.1, 0.15) is 0 Å². The van der Waals surface area contributed by atoms with Gasteiger partial charge in [-0.1, -0.05) is 35.3 Å². The van der Waals surface area contributed by atoms with E-state index in [1.807, 2.05) is 37.3 Å². The molecule has 2 nitrogen and oxygen atoms in total. The van der Waals surface area contributed by atoms with Crippen LogP contribution in [0.1, 0.15) is 22.9 Å². The summed E-state index contributed by atoms with van der Waals surface area (Å²) in [5.74, 6) is 0. The molecule has 1 aromatic heterocycles. The van der Waals surface area contributed by atoms with E-state index in [0.29, 0.717) is 10.0 Å². The summed E-state index contributed by atoms with van der Waals surface area (Å²) in [6.07, 6.45) is 0. The second kappa shape index (κ2) is 5.64. The molecule has 0 saturated heterocycles. The van der Waals surface area contributed by atoms with Crippen LogP contribution < -0.4 is 5.73 Å². The van der Waals surface area contributed by atoms with Crippen LogP contribution in [0, 0.1) is 6.92 Å². The van der Waals surface area contributed by atoms with Crippen molar-refractivity contribution in [2.75, 3.05) is 0 Å². The summed E-state index contributed by atoms with van der Waals surface area (Å²) in [6.45, 7) is 1.98. The van der Waals surface area contributed by atoms with E-state index < -0.39 is 0 Å². The van der Waals surface area contributed by atoms with E-state index in [0.717, 1.165) is 27.7 Å². The molecule has 0 fully saturated rings. The number of aryl methyl sites for hydroxylation is 1. The van der Waals surface area contributed by atoms with Crippen molar-refractivity contribution >= 4 is 34.1 Å². The molecular weight excluding hydrogens is 303 g/mol. The van der Waals surface area contributed by atoms with Gasteiger partial charge in [0.05, 0.1) is 11.6 Å². The highest BCUT2D eigenvalue weighted by atomic mass is 35.5. The maximum Gasteiger partial charge on any atom is 0.0705 e. The number of fused-ring (bicyclic) bond motifs is 1. The smallest absolute Gasteiger partial charge is 0.0705 e. The third-order valence-electron chi connectivity index (χ3n) is 3.46. The van der Waals surface area contributed by atoms with Gasteiger partial charge in [0.2, 0.25) is 0 Å². The second-order valence-corrected chi connectivity index (χ2v) is 5.96. The monoisotopic (exact) mass is 316 g/mol. The molecule has 0 bridgehead atoms. The Morgan fingerprint density at radius 1 is 0.905 bits per heavy atom. The number of halogens is 2. The van der Waals surface area contributed by atoms with Gasteiger partial charge in [-0.25, -0.2) is 0 Å². The second-order valence-electron chi connectivity index (χ2n) is 5.09. The van der Waals surface area contributed by atoms with Gasteiger partial charge in [0.15, 0.2) is 0 Å². The van der Waals surface area contributed by atoms with Gasteiger partial charge in [-0.05, 0) is 54.4 Å². The molecule has 1 heterocycles. The molecular formula is C17H14Cl2N2. The maximum absolute atomic E-state index is 6.34. The van der Waals surface area contributed by atoms with E-state index in [1.54, 1.807) is 6.07 Å². The first-order valence-electron chi connectivity index (χ1n) is 6.62. The lowest BCUT2D eigenvalue weighted by atomic mass is 9.98. The zero-order chi connectivity index (χ0) is 15.0. The fraction of sp³-hybridized carbons (Fsp3) is 0.118. The number of hydrogen-bond acceptors (Lipinski definition) is 2. The van der Waals surface area contributed by atoms with Crippen LogP contribution in [-0.4, -0.2) is 4.98 Å². The van der Waals surface area contributed by atoms with Crippen molar-refractivity contribution < 1.29 is 0 Å². The molecule has 0 radical (unpaired) electrons. The summed E-state index contributed by atoms with van der Waals surface area (Å²) in [7, 11) is 0. The zero-order valence-electron chi connectivity index (χ0n) is 11.5. The summed E-state index contributed by atoms with van der Waals surface area (Å²) in [4.78, 5) is 4.49. The molecule has 0 aliphatic heterocycles. The Labute approximate surface area is 133 Å². The van der Waals surface area contributed by atoms with Crippen LogP contribution in [0.4, 0.5) is 0 Å². The van der Waals surface area contributed by atoms with Crippen LogP contribution in [0.15, 0.2) is 48.5 Å². The van der Waals surface area contributed by atoms with Gasteiger partial charge in [-0.2, -0.15) is 0 Å². The zero-order valence-corrected chi connectivity index (χ0v) is 13.0. The highest BCUT2D eigenvalue weighted by Gasteiger charge is 2.11. The highest BCUT2D eigenvalue weighted by Crippen LogP contribution is 2.27. The number of hydrogen-bond donors (Lipinski definition) is 1. The van der Waals surface area contributed by atoms with Gasteiger partial charge in [-0.3, -0.25) is 4.98 Å². The number of nitrogens with two attached hydrogens (primary N) is 1. The van der Waals surface area contributed by atoms with Crippen LogP contribution in [0.3, 0.4) is 0 Å². The van der Waals surface area contributed by atoms with Crippen LogP contribution in [0.5, 0.6) is 0 Å². The van der Waals surface area contributed by atoms with Crippen molar-refractivity contribution in [2.45, 2.75) is 13.0 Å². The first-order valence-corrected chi connectivity index (χ1v) is 7.37. The highest BCUT2D eigenvalue weighted by molar-refractivity contribution is 6.34. The minimum atomic E-state index is -0.271. The standard InChI is InChI=1S/C17H14Cl2N2/c1-10-2-3-11-6-12(4-5-16(11)21-10)17(20)13-7-14(18)9-15(19)8-13/h2-9,17H,20H2,1H3. The number of rotatable bonds is 2. The number of aromatic nitrogens is 1. The first-order chi connectivity index (χ1) is 10.0. The molecule has 1 atom stereocenters. The van der Waals surface area contributed by atoms with Crippen molar-refractivity contribution in [3.63, 3.8) is 0 Å². The molecule has 2 aromatic carbocycles. The summed E-state index contributed by atoms with van der Waals surface area (Å²) >= 11 is 12.1. The van der Waals surface area contributed by atoms with E-state index in [2.05, 4.69) is 17.1 Å². The molecule has 0 aliphatic carbocycles. The molecule has 21 heavy (non-hydrogen) atoms. The summed E-state index contributed by atoms with van der Waals surface area (Å²) < 4.78 is 0.